The largest absolute Gasteiger partial charge is 0.354 e. The van der Waals surface area contributed by atoms with Gasteiger partial charge in [0.2, 0.25) is 5.91 Å². The van der Waals surface area contributed by atoms with Gasteiger partial charge in [0.1, 0.15) is 6.04 Å². The minimum absolute atomic E-state index is 0.0407. The lowest BCUT2D eigenvalue weighted by molar-refractivity contribution is -0.125. The molecule has 0 saturated heterocycles. The maximum absolute atomic E-state index is 12.6. The molecular weight excluding hydrogens is 272 g/mol. The third kappa shape index (κ3) is 4.18. The summed E-state index contributed by atoms with van der Waals surface area (Å²) in [4.78, 5) is 14.5. The van der Waals surface area contributed by atoms with E-state index in [0.29, 0.717) is 12.5 Å². The van der Waals surface area contributed by atoms with Crippen LogP contribution in [0.5, 0.6) is 0 Å². The van der Waals surface area contributed by atoms with E-state index in [4.69, 9.17) is 0 Å². The van der Waals surface area contributed by atoms with Crippen molar-refractivity contribution in [2.45, 2.75) is 18.9 Å². The van der Waals surface area contributed by atoms with Crippen molar-refractivity contribution in [3.8, 4) is 0 Å². The number of benzene rings is 2. The van der Waals surface area contributed by atoms with E-state index in [2.05, 4.69) is 24.4 Å². The zero-order valence-corrected chi connectivity index (χ0v) is 13.5. The van der Waals surface area contributed by atoms with Gasteiger partial charge in [-0.2, -0.15) is 0 Å². The molecule has 0 aliphatic carbocycles. The van der Waals surface area contributed by atoms with E-state index in [1.807, 2.05) is 67.5 Å². The van der Waals surface area contributed by atoms with Gasteiger partial charge < -0.3 is 5.32 Å². The highest BCUT2D eigenvalue weighted by Gasteiger charge is 2.22. The first-order chi connectivity index (χ1) is 10.6. The Bertz CT molecular complexity index is 581. The number of hydrogen-bond donors (Lipinski definition) is 1. The summed E-state index contributed by atoms with van der Waals surface area (Å²) in [6.45, 7) is 2.77. The van der Waals surface area contributed by atoms with Gasteiger partial charge >= 0.3 is 0 Å². The van der Waals surface area contributed by atoms with Gasteiger partial charge in [0.05, 0.1) is 0 Å². The molecular formula is C19H24N2O. The predicted molar refractivity (Wildman–Crippen MR) is 90.7 cm³/mol. The summed E-state index contributed by atoms with van der Waals surface area (Å²) in [5.74, 6) is 0.336. The molecule has 116 valence electrons. The topological polar surface area (TPSA) is 32.3 Å². The van der Waals surface area contributed by atoms with Gasteiger partial charge in [-0.3, -0.25) is 9.69 Å². The number of hydrogen-bond acceptors (Lipinski definition) is 2. The van der Waals surface area contributed by atoms with E-state index >= 15 is 0 Å². The molecule has 0 fully saturated rings. The van der Waals surface area contributed by atoms with E-state index in [1.165, 1.54) is 5.56 Å². The van der Waals surface area contributed by atoms with E-state index in [9.17, 15) is 4.79 Å². The molecule has 2 rings (SSSR count). The fourth-order valence-corrected chi connectivity index (χ4v) is 2.57. The Morgan fingerprint density at radius 3 is 1.95 bits per heavy atom. The molecule has 2 aromatic carbocycles. The van der Waals surface area contributed by atoms with Crippen LogP contribution >= 0.6 is 0 Å². The van der Waals surface area contributed by atoms with Crippen molar-refractivity contribution < 1.29 is 4.79 Å². The van der Waals surface area contributed by atoms with Crippen LogP contribution in [0.4, 0.5) is 0 Å². The summed E-state index contributed by atoms with van der Waals surface area (Å²) >= 11 is 0. The SMILES string of the molecule is C[C@@H](CNC(=O)[C@@H](c1ccccc1)N(C)C)c1ccccc1. The third-order valence-corrected chi connectivity index (χ3v) is 3.83. The molecule has 3 nitrogen and oxygen atoms in total. The normalized spacial score (nSPS) is 13.6. The lowest BCUT2D eigenvalue weighted by atomic mass is 10.0. The number of nitrogens with zero attached hydrogens (tertiary/aromatic N) is 1. The van der Waals surface area contributed by atoms with Gasteiger partial charge in [0, 0.05) is 6.54 Å². The second-order valence-electron chi connectivity index (χ2n) is 5.83. The first-order valence-corrected chi connectivity index (χ1v) is 7.63. The molecule has 2 aromatic rings. The smallest absolute Gasteiger partial charge is 0.241 e. The lowest BCUT2D eigenvalue weighted by Crippen LogP contribution is -2.38. The second kappa shape index (κ2) is 7.76. The number of rotatable bonds is 6. The molecule has 1 amide bonds. The fourth-order valence-electron chi connectivity index (χ4n) is 2.57. The summed E-state index contributed by atoms with van der Waals surface area (Å²) in [6, 6.07) is 19.9. The first kappa shape index (κ1) is 16.2. The van der Waals surface area contributed by atoms with Crippen molar-refractivity contribution in [1.29, 1.82) is 0 Å². The van der Waals surface area contributed by atoms with Gasteiger partial charge in [0.15, 0.2) is 0 Å². The average molecular weight is 296 g/mol. The zero-order chi connectivity index (χ0) is 15.9. The van der Waals surface area contributed by atoms with Crippen molar-refractivity contribution in [1.82, 2.24) is 10.2 Å². The summed E-state index contributed by atoms with van der Waals surface area (Å²) in [5.41, 5.74) is 2.25. The minimum atomic E-state index is -0.260. The second-order valence-corrected chi connectivity index (χ2v) is 5.83. The molecule has 0 aliphatic heterocycles. The molecule has 2 atom stereocenters. The third-order valence-electron chi connectivity index (χ3n) is 3.83. The molecule has 0 aliphatic rings. The average Bonchev–Trinajstić information content (AvgIpc) is 2.54. The highest BCUT2D eigenvalue weighted by Crippen LogP contribution is 2.19. The standard InChI is InChI=1S/C19H24N2O/c1-15(16-10-6-4-7-11-16)14-20-19(22)18(21(2)3)17-12-8-5-9-13-17/h4-13,15,18H,14H2,1-3H3,(H,20,22)/t15-,18+/m0/s1. The zero-order valence-electron chi connectivity index (χ0n) is 13.5. The van der Waals surface area contributed by atoms with Crippen molar-refractivity contribution in [2.75, 3.05) is 20.6 Å². The van der Waals surface area contributed by atoms with Crippen molar-refractivity contribution >= 4 is 5.91 Å². The Hall–Kier alpha value is -2.13. The number of likely N-dealkylation sites (N-methyl/N-ethyl adjacent to an activating group) is 1. The van der Waals surface area contributed by atoms with Crippen molar-refractivity contribution in [3.63, 3.8) is 0 Å². The number of nitrogens with one attached hydrogen (secondary N) is 1. The van der Waals surface area contributed by atoms with Gasteiger partial charge in [-0.15, -0.1) is 0 Å². The van der Waals surface area contributed by atoms with E-state index in [-0.39, 0.29) is 11.9 Å². The van der Waals surface area contributed by atoms with Crippen LogP contribution in [0.1, 0.15) is 30.0 Å². The molecule has 0 spiro atoms. The van der Waals surface area contributed by atoms with Crippen LogP contribution in [0.25, 0.3) is 0 Å². The van der Waals surface area contributed by atoms with E-state index in [1.54, 1.807) is 0 Å². The van der Waals surface area contributed by atoms with Crippen LogP contribution in [0.3, 0.4) is 0 Å². The molecule has 0 unspecified atom stereocenters. The summed E-state index contributed by atoms with van der Waals surface area (Å²) in [7, 11) is 3.86. The van der Waals surface area contributed by atoms with E-state index in [0.717, 1.165) is 5.56 Å². The van der Waals surface area contributed by atoms with Crippen LogP contribution in [0, 0.1) is 0 Å². The number of carbonyl (C=O) groups excluding carboxylic acids is 1. The van der Waals surface area contributed by atoms with Gasteiger partial charge in [0.25, 0.3) is 0 Å². The molecule has 1 N–H and O–H groups in total. The Morgan fingerprint density at radius 2 is 1.45 bits per heavy atom. The van der Waals surface area contributed by atoms with Crippen LogP contribution in [-0.2, 0) is 4.79 Å². The predicted octanol–water partition coefficient (Wildman–Crippen LogP) is 3.21. The van der Waals surface area contributed by atoms with Crippen molar-refractivity contribution in [2.24, 2.45) is 0 Å². The van der Waals surface area contributed by atoms with Gasteiger partial charge in [-0.1, -0.05) is 67.6 Å². The molecule has 3 heteroatoms. The quantitative estimate of drug-likeness (QED) is 0.888. The Balaban J connectivity index is 2.00. The maximum atomic E-state index is 12.6. The fraction of sp³-hybridized carbons (Fsp3) is 0.316. The first-order valence-electron chi connectivity index (χ1n) is 7.63. The molecule has 0 heterocycles. The summed E-state index contributed by atoms with van der Waals surface area (Å²) in [6.07, 6.45) is 0. The molecule has 0 aromatic heterocycles. The number of carbonyl (C=O) groups is 1. The van der Waals surface area contributed by atoms with Gasteiger partial charge in [-0.25, -0.2) is 0 Å². The van der Waals surface area contributed by atoms with Crippen LogP contribution in [0.2, 0.25) is 0 Å². The van der Waals surface area contributed by atoms with Crippen LogP contribution in [0.15, 0.2) is 60.7 Å². The Labute approximate surface area is 133 Å². The molecule has 22 heavy (non-hydrogen) atoms. The number of amides is 1. The monoisotopic (exact) mass is 296 g/mol. The lowest BCUT2D eigenvalue weighted by Gasteiger charge is -2.24. The molecule has 0 saturated carbocycles. The Morgan fingerprint density at radius 1 is 0.955 bits per heavy atom. The molecule has 0 radical (unpaired) electrons. The minimum Gasteiger partial charge on any atom is -0.354 e. The highest BCUT2D eigenvalue weighted by molar-refractivity contribution is 5.83. The Kier molecular flexibility index (Phi) is 5.73. The summed E-state index contributed by atoms with van der Waals surface area (Å²) < 4.78 is 0. The van der Waals surface area contributed by atoms with Crippen LogP contribution in [-0.4, -0.2) is 31.4 Å². The molecule has 0 bridgehead atoms. The maximum Gasteiger partial charge on any atom is 0.241 e. The van der Waals surface area contributed by atoms with Gasteiger partial charge in [-0.05, 0) is 31.1 Å². The van der Waals surface area contributed by atoms with Crippen LogP contribution < -0.4 is 5.32 Å². The van der Waals surface area contributed by atoms with Crippen molar-refractivity contribution in [3.05, 3.63) is 71.8 Å². The summed E-state index contributed by atoms with van der Waals surface area (Å²) in [5, 5.41) is 3.08. The highest BCUT2D eigenvalue weighted by atomic mass is 16.2. The van der Waals surface area contributed by atoms with E-state index < -0.39 is 0 Å².